The predicted molar refractivity (Wildman–Crippen MR) is 98.9 cm³/mol. The molecule has 0 aliphatic heterocycles. The molecule has 0 aliphatic carbocycles. The van der Waals surface area contributed by atoms with Crippen molar-refractivity contribution in [1.29, 1.82) is 0 Å². The van der Waals surface area contributed by atoms with Gasteiger partial charge in [-0.2, -0.15) is 0 Å². The summed E-state index contributed by atoms with van der Waals surface area (Å²) < 4.78 is 5.74. The molecule has 0 saturated carbocycles. The minimum atomic E-state index is -0.566. The van der Waals surface area contributed by atoms with Gasteiger partial charge in [-0.25, -0.2) is 0 Å². The van der Waals surface area contributed by atoms with Crippen molar-refractivity contribution >= 4 is 22.4 Å². The van der Waals surface area contributed by atoms with E-state index in [0.717, 1.165) is 10.6 Å². The summed E-state index contributed by atoms with van der Waals surface area (Å²) in [4.78, 5) is 12.4. The second-order valence-electron chi connectivity index (χ2n) is 5.48. The Hall–Kier alpha value is -2.73. The maximum atomic E-state index is 12.4. The number of ether oxygens (including phenoxy) is 1. The summed E-state index contributed by atoms with van der Waals surface area (Å²) in [6.07, 6.45) is 0.701. The van der Waals surface area contributed by atoms with E-state index in [0.29, 0.717) is 23.7 Å². The van der Waals surface area contributed by atoms with Crippen LogP contribution in [0.3, 0.4) is 0 Å². The third-order valence-electron chi connectivity index (χ3n) is 3.58. The zero-order chi connectivity index (χ0) is 17.5. The van der Waals surface area contributed by atoms with Crippen LogP contribution in [0, 0.1) is 0 Å². The molecular formula is C19H19N3O2S. The molecule has 0 fully saturated rings. The number of carbonyl (C=O) groups excluding carboxylic acids is 1. The van der Waals surface area contributed by atoms with Crippen LogP contribution in [0.5, 0.6) is 5.75 Å². The number of amides is 1. The van der Waals surface area contributed by atoms with E-state index in [2.05, 4.69) is 15.5 Å². The van der Waals surface area contributed by atoms with E-state index in [4.69, 9.17) is 4.74 Å². The van der Waals surface area contributed by atoms with Crippen LogP contribution in [0.1, 0.15) is 23.9 Å². The number of nitrogens with one attached hydrogen (secondary N) is 1. The quantitative estimate of drug-likeness (QED) is 0.699. The van der Waals surface area contributed by atoms with Gasteiger partial charge < -0.3 is 4.74 Å². The number of aromatic nitrogens is 2. The molecule has 1 heterocycles. The SMILES string of the molecule is CCC(Oc1ccccc1)C(=O)Nc1nnc(Cc2ccccc2)s1. The summed E-state index contributed by atoms with van der Waals surface area (Å²) in [5, 5.41) is 12.4. The van der Waals surface area contributed by atoms with Crippen molar-refractivity contribution in [3.05, 3.63) is 71.2 Å². The number of carbonyl (C=O) groups is 1. The molecule has 5 nitrogen and oxygen atoms in total. The first kappa shape index (κ1) is 17.1. The van der Waals surface area contributed by atoms with E-state index >= 15 is 0 Å². The van der Waals surface area contributed by atoms with Crippen LogP contribution < -0.4 is 10.1 Å². The van der Waals surface area contributed by atoms with Gasteiger partial charge in [-0.05, 0) is 24.1 Å². The summed E-state index contributed by atoms with van der Waals surface area (Å²) >= 11 is 1.38. The van der Waals surface area contributed by atoms with E-state index in [-0.39, 0.29) is 5.91 Å². The normalized spacial score (nSPS) is 11.7. The van der Waals surface area contributed by atoms with Crippen LogP contribution >= 0.6 is 11.3 Å². The molecule has 1 N–H and O–H groups in total. The smallest absolute Gasteiger partial charge is 0.267 e. The number of nitrogens with zero attached hydrogens (tertiary/aromatic N) is 2. The molecular weight excluding hydrogens is 334 g/mol. The van der Waals surface area contributed by atoms with Crippen LogP contribution in [0.25, 0.3) is 0 Å². The van der Waals surface area contributed by atoms with E-state index in [1.54, 1.807) is 0 Å². The maximum absolute atomic E-state index is 12.4. The number of rotatable bonds is 7. The van der Waals surface area contributed by atoms with Crippen molar-refractivity contribution in [2.75, 3.05) is 5.32 Å². The van der Waals surface area contributed by atoms with E-state index in [1.165, 1.54) is 11.3 Å². The first-order valence-corrected chi connectivity index (χ1v) is 8.95. The van der Waals surface area contributed by atoms with Crippen molar-refractivity contribution in [3.8, 4) is 5.75 Å². The Kier molecular flexibility index (Phi) is 5.74. The van der Waals surface area contributed by atoms with Crippen molar-refractivity contribution in [2.24, 2.45) is 0 Å². The van der Waals surface area contributed by atoms with Gasteiger partial charge in [-0.3, -0.25) is 10.1 Å². The molecule has 0 radical (unpaired) electrons. The highest BCUT2D eigenvalue weighted by atomic mass is 32.1. The lowest BCUT2D eigenvalue weighted by molar-refractivity contribution is -0.122. The van der Waals surface area contributed by atoms with Crippen molar-refractivity contribution in [2.45, 2.75) is 25.9 Å². The topological polar surface area (TPSA) is 64.1 Å². The number of anilines is 1. The highest BCUT2D eigenvalue weighted by Crippen LogP contribution is 2.20. The Balaban J connectivity index is 1.60. The summed E-state index contributed by atoms with van der Waals surface area (Å²) in [5.74, 6) is 0.459. The van der Waals surface area contributed by atoms with Gasteiger partial charge >= 0.3 is 0 Å². The van der Waals surface area contributed by atoms with Crippen LogP contribution in [-0.2, 0) is 11.2 Å². The van der Waals surface area contributed by atoms with Crippen LogP contribution in [0.4, 0.5) is 5.13 Å². The standard InChI is InChI=1S/C19H19N3O2S/c1-2-16(24-15-11-7-4-8-12-15)18(23)20-19-22-21-17(25-19)13-14-9-5-3-6-10-14/h3-12,16H,2,13H2,1H3,(H,20,22,23). The Morgan fingerprint density at radius 3 is 2.44 bits per heavy atom. The molecule has 25 heavy (non-hydrogen) atoms. The fourth-order valence-electron chi connectivity index (χ4n) is 2.32. The number of hydrogen-bond acceptors (Lipinski definition) is 5. The van der Waals surface area contributed by atoms with E-state index in [1.807, 2.05) is 67.6 Å². The van der Waals surface area contributed by atoms with Crippen LogP contribution in [0.15, 0.2) is 60.7 Å². The fourth-order valence-corrected chi connectivity index (χ4v) is 3.09. The molecule has 3 aromatic rings. The van der Waals surface area contributed by atoms with Gasteiger partial charge in [0.2, 0.25) is 5.13 Å². The average Bonchev–Trinajstić information content (AvgIpc) is 3.08. The molecule has 2 aromatic carbocycles. The average molecular weight is 353 g/mol. The Labute approximate surface area is 150 Å². The third-order valence-corrected chi connectivity index (χ3v) is 4.42. The first-order valence-electron chi connectivity index (χ1n) is 8.13. The lowest BCUT2D eigenvalue weighted by atomic mass is 10.2. The molecule has 1 aromatic heterocycles. The van der Waals surface area contributed by atoms with Gasteiger partial charge in [-0.15, -0.1) is 10.2 Å². The van der Waals surface area contributed by atoms with E-state index in [9.17, 15) is 4.79 Å². The summed E-state index contributed by atoms with van der Waals surface area (Å²) in [7, 11) is 0. The molecule has 6 heteroatoms. The lowest BCUT2D eigenvalue weighted by Crippen LogP contribution is -2.32. The van der Waals surface area contributed by atoms with Gasteiger partial charge in [0.15, 0.2) is 6.10 Å². The molecule has 0 aliphatic rings. The summed E-state index contributed by atoms with van der Waals surface area (Å²) in [5.41, 5.74) is 1.16. The second kappa shape index (κ2) is 8.39. The van der Waals surface area contributed by atoms with Gasteiger partial charge in [0.1, 0.15) is 10.8 Å². The van der Waals surface area contributed by atoms with Gasteiger partial charge in [0.05, 0.1) is 0 Å². The lowest BCUT2D eigenvalue weighted by Gasteiger charge is -2.16. The zero-order valence-electron chi connectivity index (χ0n) is 13.9. The first-order chi connectivity index (χ1) is 12.2. The van der Waals surface area contributed by atoms with E-state index < -0.39 is 6.10 Å². The Morgan fingerprint density at radius 1 is 1.08 bits per heavy atom. The second-order valence-corrected chi connectivity index (χ2v) is 6.54. The Morgan fingerprint density at radius 2 is 1.76 bits per heavy atom. The van der Waals surface area contributed by atoms with Gasteiger partial charge in [-0.1, -0.05) is 66.8 Å². The van der Waals surface area contributed by atoms with Crippen LogP contribution in [-0.4, -0.2) is 22.2 Å². The van der Waals surface area contributed by atoms with Gasteiger partial charge in [0, 0.05) is 6.42 Å². The molecule has 1 unspecified atom stereocenters. The van der Waals surface area contributed by atoms with Crippen molar-refractivity contribution in [1.82, 2.24) is 10.2 Å². The number of para-hydroxylation sites is 1. The molecule has 3 rings (SSSR count). The molecule has 0 bridgehead atoms. The molecule has 1 atom stereocenters. The Bertz CT molecular complexity index is 806. The summed E-state index contributed by atoms with van der Waals surface area (Å²) in [6, 6.07) is 19.4. The minimum absolute atomic E-state index is 0.214. The molecule has 128 valence electrons. The largest absolute Gasteiger partial charge is 0.481 e. The van der Waals surface area contributed by atoms with Crippen molar-refractivity contribution in [3.63, 3.8) is 0 Å². The number of hydrogen-bond donors (Lipinski definition) is 1. The van der Waals surface area contributed by atoms with Gasteiger partial charge in [0.25, 0.3) is 5.91 Å². The molecule has 1 amide bonds. The maximum Gasteiger partial charge on any atom is 0.267 e. The van der Waals surface area contributed by atoms with Crippen molar-refractivity contribution < 1.29 is 9.53 Å². The monoisotopic (exact) mass is 353 g/mol. The number of benzene rings is 2. The van der Waals surface area contributed by atoms with Crippen LogP contribution in [0.2, 0.25) is 0 Å². The fraction of sp³-hybridized carbons (Fsp3) is 0.211. The zero-order valence-corrected chi connectivity index (χ0v) is 14.7. The highest BCUT2D eigenvalue weighted by Gasteiger charge is 2.20. The predicted octanol–water partition coefficient (Wildman–Crippen LogP) is 3.93. The minimum Gasteiger partial charge on any atom is -0.481 e. The summed E-state index contributed by atoms with van der Waals surface area (Å²) in [6.45, 7) is 1.91. The molecule has 0 saturated heterocycles. The third kappa shape index (κ3) is 4.87. The highest BCUT2D eigenvalue weighted by molar-refractivity contribution is 7.15. The molecule has 0 spiro atoms.